The van der Waals surface area contributed by atoms with Crippen molar-refractivity contribution in [1.82, 2.24) is 14.4 Å². The summed E-state index contributed by atoms with van der Waals surface area (Å²) in [6.45, 7) is 5.54. The molecule has 1 aliphatic rings. The highest BCUT2D eigenvalue weighted by Crippen LogP contribution is 2.30. The second-order valence-corrected chi connectivity index (χ2v) is 6.77. The van der Waals surface area contributed by atoms with Crippen LogP contribution in [0.5, 0.6) is 0 Å². The van der Waals surface area contributed by atoms with Gasteiger partial charge in [-0.05, 0) is 12.5 Å². The van der Waals surface area contributed by atoms with Crippen molar-refractivity contribution >= 4 is 28.4 Å². The summed E-state index contributed by atoms with van der Waals surface area (Å²) in [5.74, 6) is -0.0191. The van der Waals surface area contributed by atoms with Crippen molar-refractivity contribution < 1.29 is 9.90 Å². The van der Waals surface area contributed by atoms with E-state index in [4.69, 9.17) is 11.6 Å². The van der Waals surface area contributed by atoms with Crippen molar-refractivity contribution in [3.8, 4) is 0 Å². The Bertz CT molecular complexity index is 696. The van der Waals surface area contributed by atoms with Gasteiger partial charge >= 0.3 is 0 Å². The minimum Gasteiger partial charge on any atom is -0.392 e. The number of hydrogen-bond donors (Lipinski definition) is 1. The highest BCUT2D eigenvalue weighted by molar-refractivity contribution is 6.38. The maximum Gasteiger partial charge on any atom is 0.272 e. The molecule has 5 nitrogen and oxygen atoms in total. The third-order valence-electron chi connectivity index (χ3n) is 4.85. The number of nitrogens with zero attached hydrogens (tertiary/aromatic N) is 3. The van der Waals surface area contributed by atoms with E-state index in [1.807, 2.05) is 47.7 Å². The number of fused-ring (bicyclic) bond motifs is 1. The first-order valence-electron chi connectivity index (χ1n) is 8.45. The average Bonchev–Trinajstić information content (AvgIpc) is 2.86. The van der Waals surface area contributed by atoms with Gasteiger partial charge in [0.05, 0.1) is 11.1 Å². The largest absolute Gasteiger partial charge is 0.392 e. The average molecular weight is 350 g/mol. The summed E-state index contributed by atoms with van der Waals surface area (Å²) in [5.41, 5.74) is 1.52. The molecule has 130 valence electrons. The first-order valence-corrected chi connectivity index (χ1v) is 8.83. The molecule has 2 heterocycles. The van der Waals surface area contributed by atoms with Crippen molar-refractivity contribution in [2.45, 2.75) is 19.4 Å². The van der Waals surface area contributed by atoms with Crippen molar-refractivity contribution in [1.29, 1.82) is 0 Å². The molecule has 1 aromatic carbocycles. The van der Waals surface area contributed by atoms with Crippen LogP contribution in [-0.4, -0.2) is 64.2 Å². The minimum atomic E-state index is -0.292. The number of carbonyl (C=O) groups is 1. The number of carbonyl (C=O) groups excluding carboxylic acids is 1. The van der Waals surface area contributed by atoms with E-state index in [1.165, 1.54) is 0 Å². The number of amides is 1. The fraction of sp³-hybridized carbons (Fsp3) is 0.500. The second kappa shape index (κ2) is 7.13. The molecule has 1 aliphatic heterocycles. The third kappa shape index (κ3) is 3.16. The van der Waals surface area contributed by atoms with Crippen LogP contribution < -0.4 is 0 Å². The maximum absolute atomic E-state index is 12.9. The Kier molecular flexibility index (Phi) is 5.13. The lowest BCUT2D eigenvalue weighted by Crippen LogP contribution is -2.50. The lowest BCUT2D eigenvalue weighted by atomic mass is 10.2. The summed E-state index contributed by atoms with van der Waals surface area (Å²) in [6, 6.07) is 7.80. The number of aryl methyl sites for hydroxylation is 1. The summed E-state index contributed by atoms with van der Waals surface area (Å²) in [7, 11) is 1.88. The number of hydrogen-bond acceptors (Lipinski definition) is 3. The molecule has 1 atom stereocenters. The van der Waals surface area contributed by atoms with Gasteiger partial charge in [0.15, 0.2) is 0 Å². The first kappa shape index (κ1) is 17.3. The molecule has 1 saturated heterocycles. The van der Waals surface area contributed by atoms with E-state index >= 15 is 0 Å². The second-order valence-electron chi connectivity index (χ2n) is 6.39. The smallest absolute Gasteiger partial charge is 0.272 e. The van der Waals surface area contributed by atoms with Crippen LogP contribution in [0.15, 0.2) is 24.3 Å². The van der Waals surface area contributed by atoms with Crippen LogP contribution in [0.1, 0.15) is 23.8 Å². The van der Waals surface area contributed by atoms with Crippen molar-refractivity contribution in [2.24, 2.45) is 7.05 Å². The first-order chi connectivity index (χ1) is 11.5. The summed E-state index contributed by atoms with van der Waals surface area (Å²) in [4.78, 5) is 17.0. The monoisotopic (exact) mass is 349 g/mol. The van der Waals surface area contributed by atoms with Crippen LogP contribution >= 0.6 is 11.6 Å². The molecular formula is C18H24ClN3O2. The molecule has 3 rings (SSSR count). The number of rotatable bonds is 4. The Hall–Kier alpha value is -1.56. The molecule has 0 saturated carbocycles. The Morgan fingerprint density at radius 1 is 1.25 bits per heavy atom. The molecule has 2 aromatic rings. The molecular weight excluding hydrogens is 326 g/mol. The number of piperazine rings is 1. The van der Waals surface area contributed by atoms with E-state index in [1.54, 1.807) is 0 Å². The van der Waals surface area contributed by atoms with Gasteiger partial charge in [0.2, 0.25) is 0 Å². The molecule has 0 radical (unpaired) electrons. The fourth-order valence-electron chi connectivity index (χ4n) is 3.29. The van der Waals surface area contributed by atoms with E-state index < -0.39 is 0 Å². The van der Waals surface area contributed by atoms with Crippen molar-refractivity contribution in [3.63, 3.8) is 0 Å². The zero-order valence-electron chi connectivity index (χ0n) is 14.2. The summed E-state index contributed by atoms with van der Waals surface area (Å²) < 4.78 is 1.88. The molecule has 1 fully saturated rings. The molecule has 0 spiro atoms. The van der Waals surface area contributed by atoms with Gasteiger partial charge < -0.3 is 14.6 Å². The van der Waals surface area contributed by atoms with Gasteiger partial charge in [-0.1, -0.05) is 36.7 Å². The zero-order chi connectivity index (χ0) is 17.3. The van der Waals surface area contributed by atoms with E-state index in [-0.39, 0.29) is 12.0 Å². The van der Waals surface area contributed by atoms with Crippen LogP contribution in [0, 0.1) is 0 Å². The van der Waals surface area contributed by atoms with Gasteiger partial charge in [-0.25, -0.2) is 0 Å². The maximum atomic E-state index is 12.9. The molecule has 0 unspecified atom stereocenters. The lowest BCUT2D eigenvalue weighted by Gasteiger charge is -2.35. The molecule has 1 aromatic heterocycles. The highest BCUT2D eigenvalue weighted by Gasteiger charge is 2.27. The van der Waals surface area contributed by atoms with Gasteiger partial charge in [0, 0.05) is 50.7 Å². The van der Waals surface area contributed by atoms with Gasteiger partial charge in [-0.15, -0.1) is 0 Å². The quantitative estimate of drug-likeness (QED) is 0.921. The third-order valence-corrected chi connectivity index (χ3v) is 5.23. The SMILES string of the molecule is CC[C@@H](O)CN1CCN(C(=O)c2c(Cl)c3ccccc3n2C)CC1. The van der Waals surface area contributed by atoms with Crippen molar-refractivity contribution in [3.05, 3.63) is 35.0 Å². The van der Waals surface area contributed by atoms with Crippen LogP contribution in [0.4, 0.5) is 0 Å². The van der Waals surface area contributed by atoms with Gasteiger partial charge in [-0.2, -0.15) is 0 Å². The van der Waals surface area contributed by atoms with Gasteiger partial charge in [0.25, 0.3) is 5.91 Å². The predicted octanol–water partition coefficient (Wildman–Crippen LogP) is 2.36. The molecule has 0 aliphatic carbocycles. The Labute approximate surface area is 147 Å². The van der Waals surface area contributed by atoms with Crippen LogP contribution in [0.3, 0.4) is 0 Å². The van der Waals surface area contributed by atoms with Gasteiger partial charge in [-0.3, -0.25) is 9.69 Å². The number of aliphatic hydroxyl groups is 1. The van der Waals surface area contributed by atoms with E-state index in [0.717, 1.165) is 30.4 Å². The van der Waals surface area contributed by atoms with Crippen LogP contribution in [0.2, 0.25) is 5.02 Å². The van der Waals surface area contributed by atoms with E-state index in [0.29, 0.717) is 30.4 Å². The standard InChI is InChI=1S/C18H24ClN3O2/c1-3-13(23)12-21-8-10-22(11-9-21)18(24)17-16(19)14-6-4-5-7-15(14)20(17)2/h4-7,13,23H,3,8-12H2,1-2H3/t13-/m1/s1. The number of para-hydroxylation sites is 1. The Morgan fingerprint density at radius 2 is 1.92 bits per heavy atom. The molecule has 6 heteroatoms. The van der Waals surface area contributed by atoms with Gasteiger partial charge in [0.1, 0.15) is 5.69 Å². The summed E-state index contributed by atoms with van der Waals surface area (Å²) in [5, 5.41) is 11.2. The van der Waals surface area contributed by atoms with Crippen LogP contribution in [0.25, 0.3) is 10.9 Å². The lowest BCUT2D eigenvalue weighted by molar-refractivity contribution is 0.0517. The fourth-order valence-corrected chi connectivity index (χ4v) is 3.66. The van der Waals surface area contributed by atoms with Crippen LogP contribution in [-0.2, 0) is 7.05 Å². The highest BCUT2D eigenvalue weighted by atomic mass is 35.5. The number of benzene rings is 1. The molecule has 1 amide bonds. The number of halogens is 1. The van der Waals surface area contributed by atoms with E-state index in [9.17, 15) is 9.90 Å². The minimum absolute atomic E-state index is 0.0191. The van der Waals surface area contributed by atoms with E-state index in [2.05, 4.69) is 4.90 Å². The molecule has 24 heavy (non-hydrogen) atoms. The molecule has 0 bridgehead atoms. The Balaban J connectivity index is 1.75. The normalized spacial score (nSPS) is 17.4. The summed E-state index contributed by atoms with van der Waals surface area (Å²) >= 11 is 6.48. The molecule has 1 N–H and O–H groups in total. The topological polar surface area (TPSA) is 48.7 Å². The number of β-amino-alcohol motifs (C(OH)–C–C–N with tert-alkyl or cyclic N) is 1. The van der Waals surface area contributed by atoms with Crippen molar-refractivity contribution in [2.75, 3.05) is 32.7 Å². The zero-order valence-corrected chi connectivity index (χ0v) is 15.0. The predicted molar refractivity (Wildman–Crippen MR) is 96.6 cm³/mol. The summed E-state index contributed by atoms with van der Waals surface area (Å²) in [6.07, 6.45) is 0.463. The number of aliphatic hydroxyl groups excluding tert-OH is 1. The Morgan fingerprint density at radius 3 is 2.54 bits per heavy atom. The number of aromatic nitrogens is 1.